The summed E-state index contributed by atoms with van der Waals surface area (Å²) in [6.07, 6.45) is 0. The highest BCUT2D eigenvalue weighted by Crippen LogP contribution is 2.28. The number of halogens is 1. The van der Waals surface area contributed by atoms with Crippen LogP contribution in [-0.4, -0.2) is 4.37 Å². The van der Waals surface area contributed by atoms with Gasteiger partial charge in [0.05, 0.1) is 10.6 Å². The minimum absolute atomic E-state index is 0.230. The van der Waals surface area contributed by atoms with Gasteiger partial charge in [0.1, 0.15) is 5.82 Å². The van der Waals surface area contributed by atoms with E-state index in [9.17, 15) is 4.39 Å². The molecule has 2 aromatic carbocycles. The third kappa shape index (κ3) is 2.17. The van der Waals surface area contributed by atoms with Gasteiger partial charge in [0.15, 0.2) is 0 Å². The van der Waals surface area contributed by atoms with Crippen molar-refractivity contribution in [3.63, 3.8) is 0 Å². The lowest BCUT2D eigenvalue weighted by molar-refractivity contribution is 0.628. The van der Waals surface area contributed by atoms with Crippen LogP contribution >= 0.6 is 11.5 Å². The van der Waals surface area contributed by atoms with Crippen LogP contribution in [0.4, 0.5) is 4.39 Å². The van der Waals surface area contributed by atoms with Gasteiger partial charge in [-0.15, -0.1) is 0 Å². The van der Waals surface area contributed by atoms with Crippen LogP contribution in [0.3, 0.4) is 0 Å². The Hall–Kier alpha value is -2.00. The van der Waals surface area contributed by atoms with Crippen molar-refractivity contribution in [3.8, 4) is 21.7 Å². The predicted octanol–water partition coefficient (Wildman–Crippen LogP) is 4.42. The SMILES string of the molecule is Fc1ccc(-c2[c]c(-c3ccccc3)ns2)cc1. The minimum Gasteiger partial charge on any atom is -0.207 e. The van der Waals surface area contributed by atoms with E-state index in [-0.39, 0.29) is 5.82 Å². The number of hydrogen-bond donors (Lipinski definition) is 0. The van der Waals surface area contributed by atoms with Gasteiger partial charge in [-0.05, 0) is 29.2 Å². The molecule has 0 fully saturated rings. The molecule has 0 bridgehead atoms. The first kappa shape index (κ1) is 11.1. The van der Waals surface area contributed by atoms with Gasteiger partial charge in [-0.2, -0.15) is 4.37 Å². The summed E-state index contributed by atoms with van der Waals surface area (Å²) in [4.78, 5) is 0.925. The van der Waals surface area contributed by atoms with Crippen LogP contribution in [-0.2, 0) is 0 Å². The fourth-order valence-corrected chi connectivity index (χ4v) is 2.41. The average molecular weight is 254 g/mol. The van der Waals surface area contributed by atoms with Crippen molar-refractivity contribution >= 4 is 11.5 Å². The monoisotopic (exact) mass is 254 g/mol. The Bertz CT molecular complexity index is 644. The molecule has 0 unspecified atom stereocenters. The Kier molecular flexibility index (Phi) is 2.90. The van der Waals surface area contributed by atoms with Crippen molar-refractivity contribution < 1.29 is 4.39 Å². The first-order chi connectivity index (χ1) is 8.83. The molecule has 0 amide bonds. The molecule has 1 aromatic heterocycles. The quantitative estimate of drug-likeness (QED) is 0.659. The molecule has 18 heavy (non-hydrogen) atoms. The largest absolute Gasteiger partial charge is 0.207 e. The van der Waals surface area contributed by atoms with Crippen molar-refractivity contribution in [1.82, 2.24) is 4.37 Å². The number of hydrogen-bond acceptors (Lipinski definition) is 2. The molecule has 0 saturated carbocycles. The molecular weight excluding hydrogens is 245 g/mol. The predicted molar refractivity (Wildman–Crippen MR) is 71.8 cm³/mol. The van der Waals surface area contributed by atoms with Crippen LogP contribution in [0.2, 0.25) is 0 Å². The first-order valence-corrected chi connectivity index (χ1v) is 6.30. The topological polar surface area (TPSA) is 12.9 Å². The minimum atomic E-state index is -0.230. The van der Waals surface area contributed by atoms with E-state index in [1.807, 2.05) is 30.3 Å². The number of benzene rings is 2. The summed E-state index contributed by atoms with van der Waals surface area (Å²) in [6, 6.07) is 19.6. The highest BCUT2D eigenvalue weighted by atomic mass is 32.1. The summed E-state index contributed by atoms with van der Waals surface area (Å²) < 4.78 is 17.2. The summed E-state index contributed by atoms with van der Waals surface area (Å²) >= 11 is 1.38. The van der Waals surface area contributed by atoms with E-state index < -0.39 is 0 Å². The molecule has 0 aliphatic carbocycles. The highest BCUT2D eigenvalue weighted by Gasteiger charge is 2.06. The van der Waals surface area contributed by atoms with Crippen LogP contribution in [0.1, 0.15) is 0 Å². The Morgan fingerprint density at radius 2 is 1.61 bits per heavy atom. The molecule has 87 valence electrons. The van der Waals surface area contributed by atoms with Gasteiger partial charge in [0, 0.05) is 11.6 Å². The molecule has 0 N–H and O–H groups in total. The maximum absolute atomic E-state index is 12.9. The van der Waals surface area contributed by atoms with Crippen molar-refractivity contribution in [2.24, 2.45) is 0 Å². The average Bonchev–Trinajstić information content (AvgIpc) is 2.90. The van der Waals surface area contributed by atoms with E-state index in [0.29, 0.717) is 0 Å². The summed E-state index contributed by atoms with van der Waals surface area (Å²) in [5.74, 6) is -0.230. The van der Waals surface area contributed by atoms with E-state index in [1.54, 1.807) is 12.1 Å². The maximum Gasteiger partial charge on any atom is 0.123 e. The van der Waals surface area contributed by atoms with Crippen LogP contribution in [0.15, 0.2) is 54.6 Å². The van der Waals surface area contributed by atoms with Crippen molar-refractivity contribution in [1.29, 1.82) is 0 Å². The summed E-state index contributed by atoms with van der Waals surface area (Å²) in [5.41, 5.74) is 2.82. The maximum atomic E-state index is 12.9. The van der Waals surface area contributed by atoms with Gasteiger partial charge in [-0.3, -0.25) is 0 Å². The molecule has 0 atom stereocenters. The molecule has 3 aromatic rings. The molecular formula is C15H9FNS. The van der Waals surface area contributed by atoms with E-state index in [1.165, 1.54) is 23.7 Å². The Morgan fingerprint density at radius 3 is 2.33 bits per heavy atom. The van der Waals surface area contributed by atoms with Crippen molar-refractivity contribution in [3.05, 3.63) is 66.5 Å². The van der Waals surface area contributed by atoms with E-state index >= 15 is 0 Å². The molecule has 1 heterocycles. The van der Waals surface area contributed by atoms with Crippen molar-refractivity contribution in [2.45, 2.75) is 0 Å². The van der Waals surface area contributed by atoms with Gasteiger partial charge >= 0.3 is 0 Å². The second-order valence-corrected chi connectivity index (χ2v) is 4.63. The zero-order chi connectivity index (χ0) is 12.4. The zero-order valence-corrected chi connectivity index (χ0v) is 10.2. The lowest BCUT2D eigenvalue weighted by Crippen LogP contribution is -1.76. The lowest BCUT2D eigenvalue weighted by Gasteiger charge is -1.95. The second kappa shape index (κ2) is 4.70. The Balaban J connectivity index is 1.97. The van der Waals surface area contributed by atoms with Crippen LogP contribution in [0.25, 0.3) is 21.7 Å². The number of nitrogens with zero attached hydrogens (tertiary/aromatic N) is 1. The normalized spacial score (nSPS) is 10.5. The summed E-state index contributed by atoms with van der Waals surface area (Å²) in [5, 5.41) is 0. The molecule has 0 spiro atoms. The molecule has 1 radical (unpaired) electrons. The van der Waals surface area contributed by atoms with Gasteiger partial charge in [-0.1, -0.05) is 42.5 Å². The number of rotatable bonds is 2. The van der Waals surface area contributed by atoms with Gasteiger partial charge < -0.3 is 0 Å². The zero-order valence-electron chi connectivity index (χ0n) is 9.43. The second-order valence-electron chi connectivity index (χ2n) is 3.86. The van der Waals surface area contributed by atoms with Crippen LogP contribution in [0, 0.1) is 11.9 Å². The fraction of sp³-hybridized carbons (Fsp3) is 0. The van der Waals surface area contributed by atoms with E-state index in [2.05, 4.69) is 10.4 Å². The molecule has 0 aliphatic rings. The van der Waals surface area contributed by atoms with E-state index in [0.717, 1.165) is 21.7 Å². The fourth-order valence-electron chi connectivity index (χ4n) is 1.69. The van der Waals surface area contributed by atoms with Crippen molar-refractivity contribution in [2.75, 3.05) is 0 Å². The third-order valence-corrected chi connectivity index (χ3v) is 3.41. The smallest absolute Gasteiger partial charge is 0.123 e. The molecule has 0 saturated heterocycles. The lowest BCUT2D eigenvalue weighted by atomic mass is 10.1. The van der Waals surface area contributed by atoms with Gasteiger partial charge in [-0.25, -0.2) is 4.39 Å². The van der Waals surface area contributed by atoms with Gasteiger partial charge in [0.2, 0.25) is 0 Å². The van der Waals surface area contributed by atoms with Crippen LogP contribution in [0.5, 0.6) is 0 Å². The van der Waals surface area contributed by atoms with Crippen LogP contribution < -0.4 is 0 Å². The first-order valence-electron chi connectivity index (χ1n) is 5.53. The standard InChI is InChI=1S/C15H9FNS/c16-13-8-6-12(7-9-13)15-10-14(17-18-15)11-4-2-1-3-5-11/h1-9H. The summed E-state index contributed by atoms with van der Waals surface area (Å²) in [6.45, 7) is 0. The highest BCUT2D eigenvalue weighted by molar-refractivity contribution is 7.09. The Morgan fingerprint density at radius 1 is 0.889 bits per heavy atom. The third-order valence-electron chi connectivity index (χ3n) is 2.61. The molecule has 3 rings (SSSR count). The molecule has 1 nitrogen and oxygen atoms in total. The van der Waals surface area contributed by atoms with E-state index in [4.69, 9.17) is 0 Å². The molecule has 0 aliphatic heterocycles. The number of aromatic nitrogens is 1. The van der Waals surface area contributed by atoms with Gasteiger partial charge in [0.25, 0.3) is 0 Å². The Labute approximate surface area is 109 Å². The molecule has 3 heteroatoms. The summed E-state index contributed by atoms with van der Waals surface area (Å²) in [7, 11) is 0.